The van der Waals surface area contributed by atoms with Crippen molar-refractivity contribution in [2.75, 3.05) is 0 Å². The van der Waals surface area contributed by atoms with Gasteiger partial charge < -0.3 is 20.8 Å². The summed E-state index contributed by atoms with van der Waals surface area (Å²) in [5, 5.41) is 27.1. The van der Waals surface area contributed by atoms with E-state index >= 15 is 0 Å². The third kappa shape index (κ3) is 6.48. The Hall–Kier alpha value is -3.45. The summed E-state index contributed by atoms with van der Waals surface area (Å²) < 4.78 is 0. The smallest absolute Gasteiger partial charge is 0.335 e. The molecule has 7 rings (SSSR count). The van der Waals surface area contributed by atoms with E-state index in [9.17, 15) is 24.6 Å². The van der Waals surface area contributed by atoms with E-state index in [0.29, 0.717) is 53.2 Å². The summed E-state index contributed by atoms with van der Waals surface area (Å²) in [5.74, 6) is 2.14. The highest BCUT2D eigenvalue weighted by atomic mass is 16.4. The van der Waals surface area contributed by atoms with Crippen LogP contribution in [0.1, 0.15) is 148 Å². The summed E-state index contributed by atoms with van der Waals surface area (Å²) in [6.45, 7) is 20.7. The molecule has 7 nitrogen and oxygen atoms in total. The number of benzene rings is 2. The minimum Gasteiger partial charge on any atom is -0.478 e. The molecule has 0 spiro atoms. The van der Waals surface area contributed by atoms with Crippen LogP contribution in [0, 0.1) is 71.0 Å². The van der Waals surface area contributed by atoms with Gasteiger partial charge in [0.15, 0.2) is 0 Å². The topological polar surface area (TPSA) is 116 Å². The van der Waals surface area contributed by atoms with E-state index in [2.05, 4.69) is 51.8 Å². The Labute approximate surface area is 329 Å². The van der Waals surface area contributed by atoms with Crippen LogP contribution in [0.15, 0.2) is 48.6 Å². The molecule has 5 aliphatic rings. The van der Waals surface area contributed by atoms with Crippen molar-refractivity contribution in [1.82, 2.24) is 10.6 Å². The third-order valence-electron chi connectivity index (χ3n) is 17.0. The lowest BCUT2D eigenvalue weighted by Crippen LogP contribution is -2.64. The molecule has 10 atom stereocenters. The lowest BCUT2D eigenvalue weighted by atomic mass is 9.36. The SMILES string of the molecule is C=C(C)CC1CCC2(C(=O)NCc3cccc(C(=O)NCc4cccc(C(=O)O)c4C)c3C)CCC3C(CCC4C3(C)CCC3C(C)(C)C(O)CCC34C)C12. The molecule has 298 valence electrons. The van der Waals surface area contributed by atoms with Gasteiger partial charge in [0.2, 0.25) is 5.91 Å². The van der Waals surface area contributed by atoms with Gasteiger partial charge in [-0.15, -0.1) is 6.58 Å². The first kappa shape index (κ1) is 39.8. The highest BCUT2D eigenvalue weighted by molar-refractivity contribution is 5.96. The second kappa shape index (κ2) is 14.5. The van der Waals surface area contributed by atoms with E-state index in [0.717, 1.165) is 61.6 Å². The van der Waals surface area contributed by atoms with Gasteiger partial charge in [0.25, 0.3) is 5.91 Å². The zero-order valence-corrected chi connectivity index (χ0v) is 34.5. The first-order valence-electron chi connectivity index (χ1n) is 21.2. The van der Waals surface area contributed by atoms with Crippen molar-refractivity contribution in [1.29, 1.82) is 0 Å². The van der Waals surface area contributed by atoms with Gasteiger partial charge in [0.1, 0.15) is 0 Å². The van der Waals surface area contributed by atoms with Gasteiger partial charge in [-0.1, -0.05) is 57.5 Å². The normalized spacial score (nSPS) is 36.0. The number of amides is 2. The number of hydrogen-bond donors (Lipinski definition) is 4. The van der Waals surface area contributed by atoms with Crippen molar-refractivity contribution in [3.8, 4) is 0 Å². The lowest BCUT2D eigenvalue weighted by Gasteiger charge is -2.69. The van der Waals surface area contributed by atoms with Crippen molar-refractivity contribution in [2.45, 2.75) is 138 Å². The minimum absolute atomic E-state index is 0.0557. The van der Waals surface area contributed by atoms with Gasteiger partial charge in [0, 0.05) is 18.7 Å². The molecule has 0 saturated heterocycles. The highest BCUT2D eigenvalue weighted by Crippen LogP contribution is 2.73. The van der Waals surface area contributed by atoms with E-state index in [-0.39, 0.29) is 51.7 Å². The van der Waals surface area contributed by atoms with Crippen LogP contribution in [0.2, 0.25) is 0 Å². The second-order valence-corrected chi connectivity index (χ2v) is 19.9. The van der Waals surface area contributed by atoms with Crippen LogP contribution in [0.4, 0.5) is 0 Å². The largest absolute Gasteiger partial charge is 0.478 e. The number of aromatic carboxylic acids is 1. The number of carboxylic acids is 1. The summed E-state index contributed by atoms with van der Waals surface area (Å²) in [5.41, 5.74) is 5.25. The molecule has 10 unspecified atom stereocenters. The molecule has 2 aromatic rings. The van der Waals surface area contributed by atoms with Crippen LogP contribution in [0.3, 0.4) is 0 Å². The van der Waals surface area contributed by atoms with Crippen LogP contribution in [-0.4, -0.2) is 34.1 Å². The molecule has 0 aliphatic heterocycles. The van der Waals surface area contributed by atoms with Crippen molar-refractivity contribution < 1.29 is 24.6 Å². The fourth-order valence-corrected chi connectivity index (χ4v) is 14.3. The van der Waals surface area contributed by atoms with Crippen LogP contribution >= 0.6 is 0 Å². The van der Waals surface area contributed by atoms with Crippen LogP contribution < -0.4 is 10.6 Å². The van der Waals surface area contributed by atoms with E-state index in [4.69, 9.17) is 0 Å². The minimum atomic E-state index is -0.983. The fraction of sp³-hybridized carbons (Fsp3) is 0.646. The Morgan fingerprint density at radius 3 is 2.05 bits per heavy atom. The zero-order chi connectivity index (χ0) is 39.7. The maximum atomic E-state index is 14.8. The number of fused-ring (bicyclic) bond motifs is 7. The maximum absolute atomic E-state index is 14.8. The predicted octanol–water partition coefficient (Wildman–Crippen LogP) is 9.57. The van der Waals surface area contributed by atoms with Crippen molar-refractivity contribution in [3.63, 3.8) is 0 Å². The number of carbonyl (C=O) groups is 3. The third-order valence-corrected chi connectivity index (χ3v) is 17.0. The highest BCUT2D eigenvalue weighted by Gasteiger charge is 2.68. The Kier molecular flexibility index (Phi) is 10.5. The molecule has 2 aromatic carbocycles. The monoisotopic (exact) mass is 750 g/mol. The Bertz CT molecular complexity index is 1870. The van der Waals surface area contributed by atoms with Crippen LogP contribution in [0.25, 0.3) is 0 Å². The molecule has 55 heavy (non-hydrogen) atoms. The molecule has 5 aliphatic carbocycles. The van der Waals surface area contributed by atoms with Gasteiger partial charge in [-0.3, -0.25) is 9.59 Å². The molecule has 0 aromatic heterocycles. The second-order valence-electron chi connectivity index (χ2n) is 19.9. The summed E-state index contributed by atoms with van der Waals surface area (Å²) >= 11 is 0. The molecule has 5 fully saturated rings. The zero-order valence-electron chi connectivity index (χ0n) is 34.5. The fourth-order valence-electron chi connectivity index (χ4n) is 14.3. The summed E-state index contributed by atoms with van der Waals surface area (Å²) in [6.07, 6.45) is 11.7. The van der Waals surface area contributed by atoms with E-state index in [1.54, 1.807) is 19.1 Å². The van der Waals surface area contributed by atoms with Gasteiger partial charge in [0.05, 0.1) is 17.1 Å². The Morgan fingerprint density at radius 1 is 0.764 bits per heavy atom. The predicted molar refractivity (Wildman–Crippen MR) is 217 cm³/mol. The van der Waals surface area contributed by atoms with Crippen LogP contribution in [0.5, 0.6) is 0 Å². The summed E-state index contributed by atoms with van der Waals surface area (Å²) in [7, 11) is 0. The lowest BCUT2D eigenvalue weighted by molar-refractivity contribution is -0.216. The van der Waals surface area contributed by atoms with Crippen LogP contribution in [-0.2, 0) is 17.9 Å². The quantitative estimate of drug-likeness (QED) is 0.191. The Morgan fingerprint density at radius 2 is 1.38 bits per heavy atom. The number of hydrogen-bond acceptors (Lipinski definition) is 4. The van der Waals surface area contributed by atoms with Gasteiger partial charge in [-0.2, -0.15) is 0 Å². The molecular formula is C48H66N2O5. The molecule has 0 radical (unpaired) electrons. The van der Waals surface area contributed by atoms with Crippen molar-refractivity contribution >= 4 is 17.8 Å². The first-order valence-corrected chi connectivity index (χ1v) is 21.2. The first-order chi connectivity index (χ1) is 26.0. The molecule has 7 heteroatoms. The molecule has 4 N–H and O–H groups in total. The molecular weight excluding hydrogens is 685 g/mol. The van der Waals surface area contributed by atoms with E-state index in [1.807, 2.05) is 31.2 Å². The average Bonchev–Trinajstić information content (AvgIpc) is 3.51. The summed E-state index contributed by atoms with van der Waals surface area (Å²) in [6, 6.07) is 10.8. The molecule has 5 saturated carbocycles. The van der Waals surface area contributed by atoms with Gasteiger partial charge >= 0.3 is 5.97 Å². The number of allylic oxidation sites excluding steroid dienone is 1. The number of aliphatic hydroxyl groups excluding tert-OH is 1. The number of carboxylic acid groups (broad SMARTS) is 1. The van der Waals surface area contributed by atoms with E-state index < -0.39 is 5.97 Å². The molecule has 0 bridgehead atoms. The number of aliphatic hydroxyl groups is 1. The van der Waals surface area contributed by atoms with Gasteiger partial charge in [-0.25, -0.2) is 4.79 Å². The molecule has 0 heterocycles. The summed E-state index contributed by atoms with van der Waals surface area (Å²) in [4.78, 5) is 39.9. The number of nitrogens with one attached hydrogen (secondary N) is 2. The maximum Gasteiger partial charge on any atom is 0.335 e. The number of carbonyl (C=O) groups excluding carboxylic acids is 2. The van der Waals surface area contributed by atoms with Crippen molar-refractivity contribution in [3.05, 3.63) is 81.9 Å². The molecule has 2 amide bonds. The van der Waals surface area contributed by atoms with E-state index in [1.165, 1.54) is 31.3 Å². The standard InChI is InChI=1S/C48H66N2O5/c1-28(2)25-31-17-23-48(24-18-37-36(41(31)48)15-16-39-46(37,7)21-19-38-45(5,6)40(51)20-22-47(38,39)8)44(55)50-27-33-11-9-13-34(29(33)3)42(52)49-26-32-12-10-14-35(30(32)4)43(53)54/h9-14,31,36-41,51H,1,15-27H2,2-8H3,(H,49,52)(H,50,55)(H,53,54). The van der Waals surface area contributed by atoms with Gasteiger partial charge in [-0.05, 0) is 178 Å². The van der Waals surface area contributed by atoms with Crippen molar-refractivity contribution in [2.24, 2.45) is 57.2 Å². The average molecular weight is 751 g/mol. The Balaban J connectivity index is 1.09. The number of rotatable bonds is 9.